The maximum absolute atomic E-state index is 8.75. The Kier molecular flexibility index (Phi) is 3.71. The molecule has 92 valence electrons. The highest BCUT2D eigenvalue weighted by Gasteiger charge is 2.08. The molecule has 0 bridgehead atoms. The topological polar surface area (TPSA) is 98.8 Å². The van der Waals surface area contributed by atoms with Crippen LogP contribution in [0.2, 0.25) is 0 Å². The fourth-order valence-electron chi connectivity index (χ4n) is 1.49. The van der Waals surface area contributed by atoms with Gasteiger partial charge in [0, 0.05) is 19.7 Å². The van der Waals surface area contributed by atoms with Crippen molar-refractivity contribution >= 4 is 22.8 Å². The molecule has 0 saturated carbocycles. The fraction of sp³-hybridized carbons (Fsp3) is 0.500. The molecule has 0 aliphatic carbocycles. The molecule has 2 heterocycles. The summed E-state index contributed by atoms with van der Waals surface area (Å²) < 4.78 is 0. The summed E-state index contributed by atoms with van der Waals surface area (Å²) >= 11 is 0. The Hall–Kier alpha value is -1.89. The highest BCUT2D eigenvalue weighted by atomic mass is 16.3. The van der Waals surface area contributed by atoms with Crippen molar-refractivity contribution in [1.82, 2.24) is 20.2 Å². The third-order valence-electron chi connectivity index (χ3n) is 2.27. The van der Waals surface area contributed by atoms with Crippen LogP contribution in [-0.4, -0.2) is 45.0 Å². The molecule has 0 spiro atoms. The molecule has 2 aromatic rings. The zero-order valence-corrected chi connectivity index (χ0v) is 9.69. The first-order valence-corrected chi connectivity index (χ1v) is 5.65. The third kappa shape index (κ3) is 2.62. The third-order valence-corrected chi connectivity index (χ3v) is 2.27. The minimum Gasteiger partial charge on any atom is -0.396 e. The minimum atomic E-state index is 0.159. The molecule has 0 amide bonds. The fourth-order valence-corrected chi connectivity index (χ4v) is 1.49. The molecular formula is C10H16N6O. The second-order valence-corrected chi connectivity index (χ2v) is 3.56. The van der Waals surface area contributed by atoms with Crippen LogP contribution in [-0.2, 0) is 0 Å². The summed E-state index contributed by atoms with van der Waals surface area (Å²) in [5.41, 5.74) is 0.697. The summed E-state index contributed by atoms with van der Waals surface area (Å²) in [6, 6.07) is 0. The Morgan fingerprint density at radius 3 is 3.00 bits per heavy atom. The first-order valence-electron chi connectivity index (χ1n) is 5.65. The lowest BCUT2D eigenvalue weighted by Crippen LogP contribution is -2.09. The van der Waals surface area contributed by atoms with E-state index in [0.29, 0.717) is 24.6 Å². The summed E-state index contributed by atoms with van der Waals surface area (Å²) in [7, 11) is 0. The van der Waals surface area contributed by atoms with E-state index in [4.69, 9.17) is 5.11 Å². The van der Waals surface area contributed by atoms with Crippen molar-refractivity contribution in [2.24, 2.45) is 0 Å². The van der Waals surface area contributed by atoms with Crippen LogP contribution in [0.25, 0.3) is 11.0 Å². The van der Waals surface area contributed by atoms with Gasteiger partial charge in [0.05, 0.1) is 11.6 Å². The largest absolute Gasteiger partial charge is 0.396 e. The average Bonchev–Trinajstić information content (AvgIpc) is 2.78. The average molecular weight is 236 g/mol. The highest BCUT2D eigenvalue weighted by Crippen LogP contribution is 2.19. The van der Waals surface area contributed by atoms with Gasteiger partial charge in [-0.25, -0.2) is 0 Å². The van der Waals surface area contributed by atoms with Crippen molar-refractivity contribution in [2.45, 2.75) is 13.3 Å². The van der Waals surface area contributed by atoms with Gasteiger partial charge in [0.25, 0.3) is 0 Å². The SMILES string of the molecule is CCNc1nc(NCCCO)c2cn[nH]c2n1. The van der Waals surface area contributed by atoms with Crippen LogP contribution in [0, 0.1) is 0 Å². The molecule has 0 radical (unpaired) electrons. The van der Waals surface area contributed by atoms with Crippen LogP contribution >= 0.6 is 0 Å². The van der Waals surface area contributed by atoms with Crippen LogP contribution < -0.4 is 10.6 Å². The van der Waals surface area contributed by atoms with E-state index in [9.17, 15) is 0 Å². The molecule has 0 aliphatic heterocycles. The number of aromatic nitrogens is 4. The standard InChI is InChI=1S/C10H16N6O/c1-2-11-10-14-8(12-4-3-5-17)7-6-13-16-9(7)15-10/h6,17H,2-5H2,1H3,(H3,11,12,13,14,15,16). The molecule has 0 aliphatic rings. The first-order chi connectivity index (χ1) is 8.35. The first kappa shape index (κ1) is 11.6. The van der Waals surface area contributed by atoms with Gasteiger partial charge in [-0.2, -0.15) is 15.1 Å². The molecule has 4 N–H and O–H groups in total. The number of anilines is 2. The molecule has 0 atom stereocenters. The highest BCUT2D eigenvalue weighted by molar-refractivity contribution is 5.86. The number of H-pyrrole nitrogens is 1. The van der Waals surface area contributed by atoms with Gasteiger partial charge in [-0.1, -0.05) is 0 Å². The number of aromatic amines is 1. The monoisotopic (exact) mass is 236 g/mol. The maximum atomic E-state index is 8.75. The van der Waals surface area contributed by atoms with E-state index in [1.165, 1.54) is 0 Å². The molecular weight excluding hydrogens is 220 g/mol. The number of rotatable bonds is 6. The molecule has 0 saturated heterocycles. The van der Waals surface area contributed by atoms with E-state index in [-0.39, 0.29) is 6.61 Å². The van der Waals surface area contributed by atoms with Gasteiger partial charge in [0.15, 0.2) is 5.65 Å². The van der Waals surface area contributed by atoms with E-state index in [1.54, 1.807) is 6.20 Å². The summed E-state index contributed by atoms with van der Waals surface area (Å²) in [4.78, 5) is 8.64. The molecule has 7 heteroatoms. The quantitative estimate of drug-likeness (QED) is 0.548. The van der Waals surface area contributed by atoms with Crippen LogP contribution in [0.1, 0.15) is 13.3 Å². The van der Waals surface area contributed by atoms with Crippen molar-refractivity contribution in [3.63, 3.8) is 0 Å². The molecule has 2 rings (SSSR count). The lowest BCUT2D eigenvalue weighted by Gasteiger charge is -2.08. The summed E-state index contributed by atoms with van der Waals surface area (Å²) in [6.07, 6.45) is 2.37. The van der Waals surface area contributed by atoms with Crippen LogP contribution in [0.15, 0.2) is 6.20 Å². The van der Waals surface area contributed by atoms with Gasteiger partial charge in [0.1, 0.15) is 5.82 Å². The van der Waals surface area contributed by atoms with Crippen LogP contribution in [0.4, 0.5) is 11.8 Å². The summed E-state index contributed by atoms with van der Waals surface area (Å²) in [5.74, 6) is 1.30. The smallest absolute Gasteiger partial charge is 0.226 e. The zero-order chi connectivity index (χ0) is 12.1. The lowest BCUT2D eigenvalue weighted by molar-refractivity contribution is 0.292. The normalized spacial score (nSPS) is 10.7. The van der Waals surface area contributed by atoms with E-state index in [2.05, 4.69) is 30.8 Å². The van der Waals surface area contributed by atoms with E-state index in [1.807, 2.05) is 6.92 Å². The Labute approximate surface area is 98.7 Å². The number of hydrogen-bond donors (Lipinski definition) is 4. The van der Waals surface area contributed by atoms with Gasteiger partial charge in [-0.05, 0) is 13.3 Å². The van der Waals surface area contributed by atoms with E-state index >= 15 is 0 Å². The maximum Gasteiger partial charge on any atom is 0.226 e. The van der Waals surface area contributed by atoms with Crippen molar-refractivity contribution in [1.29, 1.82) is 0 Å². The Bertz CT molecular complexity index is 483. The van der Waals surface area contributed by atoms with Gasteiger partial charge in [-0.15, -0.1) is 0 Å². The van der Waals surface area contributed by atoms with Crippen LogP contribution in [0.3, 0.4) is 0 Å². The second kappa shape index (κ2) is 5.44. The Balaban J connectivity index is 2.26. The minimum absolute atomic E-state index is 0.159. The second-order valence-electron chi connectivity index (χ2n) is 3.56. The van der Waals surface area contributed by atoms with Crippen molar-refractivity contribution in [3.8, 4) is 0 Å². The predicted octanol–water partition coefficient (Wildman–Crippen LogP) is 0.579. The predicted molar refractivity (Wildman–Crippen MR) is 66.0 cm³/mol. The van der Waals surface area contributed by atoms with Crippen molar-refractivity contribution in [3.05, 3.63) is 6.20 Å². The van der Waals surface area contributed by atoms with Gasteiger partial charge in [-0.3, -0.25) is 5.10 Å². The number of fused-ring (bicyclic) bond motifs is 1. The van der Waals surface area contributed by atoms with E-state index < -0.39 is 0 Å². The molecule has 7 nitrogen and oxygen atoms in total. The molecule has 0 unspecified atom stereocenters. The Morgan fingerprint density at radius 2 is 2.24 bits per heavy atom. The number of hydrogen-bond acceptors (Lipinski definition) is 6. The lowest BCUT2D eigenvalue weighted by atomic mass is 10.3. The van der Waals surface area contributed by atoms with Gasteiger partial charge >= 0.3 is 0 Å². The molecule has 0 aromatic carbocycles. The molecule has 17 heavy (non-hydrogen) atoms. The summed E-state index contributed by atoms with van der Waals surface area (Å²) in [6.45, 7) is 3.57. The van der Waals surface area contributed by atoms with Gasteiger partial charge in [0.2, 0.25) is 5.95 Å². The molecule has 0 fully saturated rings. The summed E-state index contributed by atoms with van der Waals surface area (Å²) in [5, 5.41) is 22.6. The van der Waals surface area contributed by atoms with Crippen molar-refractivity contribution < 1.29 is 5.11 Å². The number of aliphatic hydroxyl groups is 1. The number of aliphatic hydroxyl groups excluding tert-OH is 1. The van der Waals surface area contributed by atoms with E-state index in [0.717, 1.165) is 17.7 Å². The zero-order valence-electron chi connectivity index (χ0n) is 9.69. The van der Waals surface area contributed by atoms with Crippen LogP contribution in [0.5, 0.6) is 0 Å². The van der Waals surface area contributed by atoms with Gasteiger partial charge < -0.3 is 15.7 Å². The Morgan fingerprint density at radius 1 is 1.35 bits per heavy atom. The van der Waals surface area contributed by atoms with Crippen molar-refractivity contribution in [2.75, 3.05) is 30.3 Å². The number of nitrogens with one attached hydrogen (secondary N) is 3. The molecule has 2 aromatic heterocycles. The number of nitrogens with zero attached hydrogens (tertiary/aromatic N) is 3.